The Morgan fingerprint density at radius 3 is 2.67 bits per heavy atom. The van der Waals surface area contributed by atoms with Gasteiger partial charge < -0.3 is 9.64 Å². The van der Waals surface area contributed by atoms with Crippen molar-refractivity contribution >= 4 is 32.6 Å². The third-order valence-corrected chi connectivity index (χ3v) is 5.24. The SMILES string of the molecule is COc1ccccc1CN(C)C(=O)CS(=O)Cc1cccc(Br)c1. The summed E-state index contributed by atoms with van der Waals surface area (Å²) in [4.78, 5) is 13.9. The molecule has 0 radical (unpaired) electrons. The van der Waals surface area contributed by atoms with E-state index >= 15 is 0 Å². The number of nitrogens with zero attached hydrogens (tertiary/aromatic N) is 1. The van der Waals surface area contributed by atoms with Gasteiger partial charge in [0, 0.05) is 40.2 Å². The van der Waals surface area contributed by atoms with Crippen LogP contribution in [0.2, 0.25) is 0 Å². The molecule has 0 heterocycles. The van der Waals surface area contributed by atoms with Crippen molar-refractivity contribution in [1.82, 2.24) is 4.90 Å². The number of ether oxygens (including phenoxy) is 1. The molecule has 6 heteroatoms. The second-order valence-electron chi connectivity index (χ2n) is 5.42. The lowest BCUT2D eigenvalue weighted by Gasteiger charge is -2.18. The zero-order chi connectivity index (χ0) is 17.5. The zero-order valence-electron chi connectivity index (χ0n) is 13.7. The second-order valence-corrected chi connectivity index (χ2v) is 7.79. The summed E-state index contributed by atoms with van der Waals surface area (Å²) in [6, 6.07) is 15.2. The first kappa shape index (κ1) is 18.7. The molecule has 0 spiro atoms. The number of carbonyl (C=O) groups excluding carboxylic acids is 1. The normalized spacial score (nSPS) is 11.8. The molecule has 0 saturated carbocycles. The first-order valence-corrected chi connectivity index (χ1v) is 9.73. The summed E-state index contributed by atoms with van der Waals surface area (Å²) in [6.07, 6.45) is 0. The van der Waals surface area contributed by atoms with E-state index in [0.29, 0.717) is 12.3 Å². The second kappa shape index (κ2) is 8.99. The molecule has 1 atom stereocenters. The molecular weight excluding hydrogens is 390 g/mol. The van der Waals surface area contributed by atoms with Crippen molar-refractivity contribution in [3.63, 3.8) is 0 Å². The van der Waals surface area contributed by atoms with Crippen molar-refractivity contribution in [3.05, 3.63) is 64.1 Å². The zero-order valence-corrected chi connectivity index (χ0v) is 16.1. The van der Waals surface area contributed by atoms with Crippen LogP contribution in [0.15, 0.2) is 53.0 Å². The van der Waals surface area contributed by atoms with Crippen LogP contribution in [0.4, 0.5) is 0 Å². The van der Waals surface area contributed by atoms with Gasteiger partial charge in [-0.25, -0.2) is 0 Å². The van der Waals surface area contributed by atoms with Gasteiger partial charge in [0.25, 0.3) is 0 Å². The highest BCUT2D eigenvalue weighted by Crippen LogP contribution is 2.19. The minimum Gasteiger partial charge on any atom is -0.496 e. The van der Waals surface area contributed by atoms with Crippen LogP contribution in [-0.2, 0) is 27.9 Å². The van der Waals surface area contributed by atoms with Crippen LogP contribution in [0.5, 0.6) is 5.75 Å². The van der Waals surface area contributed by atoms with E-state index in [4.69, 9.17) is 4.74 Å². The van der Waals surface area contributed by atoms with Gasteiger partial charge in [-0.15, -0.1) is 0 Å². The summed E-state index contributed by atoms with van der Waals surface area (Å²) in [7, 11) is 2.08. The maximum Gasteiger partial charge on any atom is 0.235 e. The molecule has 4 nitrogen and oxygen atoms in total. The molecule has 1 unspecified atom stereocenters. The van der Waals surface area contributed by atoms with Gasteiger partial charge >= 0.3 is 0 Å². The standard InChI is InChI=1S/C18H20BrNO3S/c1-20(11-15-7-3-4-9-17(15)23-2)18(21)13-24(22)12-14-6-5-8-16(19)10-14/h3-10H,11-13H2,1-2H3. The highest BCUT2D eigenvalue weighted by molar-refractivity contribution is 9.10. The highest BCUT2D eigenvalue weighted by atomic mass is 79.9. The van der Waals surface area contributed by atoms with Crippen LogP contribution in [0.3, 0.4) is 0 Å². The van der Waals surface area contributed by atoms with E-state index in [1.54, 1.807) is 19.1 Å². The van der Waals surface area contributed by atoms with Crippen LogP contribution in [-0.4, -0.2) is 34.9 Å². The van der Waals surface area contributed by atoms with Gasteiger partial charge in [-0.2, -0.15) is 0 Å². The van der Waals surface area contributed by atoms with Crippen LogP contribution in [0.25, 0.3) is 0 Å². The lowest BCUT2D eigenvalue weighted by molar-refractivity contribution is -0.127. The van der Waals surface area contributed by atoms with Gasteiger partial charge in [0.2, 0.25) is 5.91 Å². The van der Waals surface area contributed by atoms with Crippen molar-refractivity contribution in [3.8, 4) is 5.75 Å². The predicted octanol–water partition coefficient (Wildman–Crippen LogP) is 3.37. The number of benzene rings is 2. The molecule has 2 aromatic rings. The van der Waals surface area contributed by atoms with Gasteiger partial charge in [0.1, 0.15) is 11.5 Å². The summed E-state index contributed by atoms with van der Waals surface area (Å²) in [5, 5.41) is 0. The number of rotatable bonds is 7. The molecule has 2 aromatic carbocycles. The van der Waals surface area contributed by atoms with Gasteiger partial charge in [0.15, 0.2) is 0 Å². The predicted molar refractivity (Wildman–Crippen MR) is 100 cm³/mol. The van der Waals surface area contributed by atoms with Gasteiger partial charge in [-0.3, -0.25) is 9.00 Å². The largest absolute Gasteiger partial charge is 0.496 e. The molecule has 0 N–H and O–H groups in total. The fraction of sp³-hybridized carbons (Fsp3) is 0.278. The Morgan fingerprint density at radius 2 is 1.96 bits per heavy atom. The van der Waals surface area contributed by atoms with E-state index in [-0.39, 0.29) is 11.7 Å². The van der Waals surface area contributed by atoms with Gasteiger partial charge in [-0.05, 0) is 23.8 Å². The molecule has 0 aliphatic rings. The third-order valence-electron chi connectivity index (χ3n) is 3.53. The Hall–Kier alpha value is -1.66. The van der Waals surface area contributed by atoms with Crippen molar-refractivity contribution in [2.75, 3.05) is 19.9 Å². The molecule has 0 aliphatic heterocycles. The van der Waals surface area contributed by atoms with E-state index in [0.717, 1.165) is 21.3 Å². The van der Waals surface area contributed by atoms with Crippen LogP contribution < -0.4 is 4.74 Å². The quantitative estimate of drug-likeness (QED) is 0.703. The monoisotopic (exact) mass is 409 g/mol. The number of carbonyl (C=O) groups is 1. The van der Waals surface area contributed by atoms with E-state index in [9.17, 15) is 9.00 Å². The first-order valence-electron chi connectivity index (χ1n) is 7.45. The van der Waals surface area contributed by atoms with Gasteiger partial charge in [0.05, 0.1) is 7.11 Å². The molecule has 128 valence electrons. The van der Waals surface area contributed by atoms with E-state index in [1.165, 1.54) is 0 Å². The molecule has 0 bridgehead atoms. The molecule has 0 saturated heterocycles. The number of para-hydroxylation sites is 1. The maximum absolute atomic E-state index is 12.3. The third kappa shape index (κ3) is 5.46. The number of hydrogen-bond acceptors (Lipinski definition) is 3. The molecule has 2 rings (SSSR count). The fourth-order valence-corrected chi connectivity index (χ4v) is 3.88. The van der Waals surface area contributed by atoms with E-state index in [1.807, 2.05) is 48.5 Å². The Kier molecular flexibility index (Phi) is 6.99. The summed E-state index contributed by atoms with van der Waals surface area (Å²) in [6.45, 7) is 0.428. The molecule has 24 heavy (non-hydrogen) atoms. The van der Waals surface area contributed by atoms with Crippen molar-refractivity contribution in [2.24, 2.45) is 0 Å². The fourth-order valence-electron chi connectivity index (χ4n) is 2.29. The Morgan fingerprint density at radius 1 is 1.21 bits per heavy atom. The number of methoxy groups -OCH3 is 1. The Bertz CT molecular complexity index is 736. The van der Waals surface area contributed by atoms with Crippen LogP contribution >= 0.6 is 15.9 Å². The summed E-state index contributed by atoms with van der Waals surface area (Å²) >= 11 is 3.39. The number of hydrogen-bond donors (Lipinski definition) is 0. The molecule has 0 aromatic heterocycles. The summed E-state index contributed by atoms with van der Waals surface area (Å²) < 4.78 is 18.5. The van der Waals surface area contributed by atoms with Crippen LogP contribution in [0, 0.1) is 0 Å². The first-order chi connectivity index (χ1) is 11.5. The van der Waals surface area contributed by atoms with E-state index < -0.39 is 10.8 Å². The lowest BCUT2D eigenvalue weighted by atomic mass is 10.2. The smallest absolute Gasteiger partial charge is 0.235 e. The van der Waals surface area contributed by atoms with Gasteiger partial charge in [-0.1, -0.05) is 46.3 Å². The average Bonchev–Trinajstić information content (AvgIpc) is 2.55. The summed E-state index contributed by atoms with van der Waals surface area (Å²) in [5.74, 6) is 0.980. The van der Waals surface area contributed by atoms with E-state index in [2.05, 4.69) is 15.9 Å². The average molecular weight is 410 g/mol. The number of amides is 1. The van der Waals surface area contributed by atoms with Crippen LogP contribution in [0.1, 0.15) is 11.1 Å². The molecule has 0 fully saturated rings. The topological polar surface area (TPSA) is 46.6 Å². The van der Waals surface area contributed by atoms with Crippen molar-refractivity contribution in [2.45, 2.75) is 12.3 Å². The Labute approximate surface area is 153 Å². The molecule has 0 aliphatic carbocycles. The molecule has 1 amide bonds. The lowest BCUT2D eigenvalue weighted by Crippen LogP contribution is -2.30. The molecular formula is C18H20BrNO3S. The van der Waals surface area contributed by atoms with Crippen molar-refractivity contribution < 1.29 is 13.7 Å². The Balaban J connectivity index is 1.92. The van der Waals surface area contributed by atoms with Crippen molar-refractivity contribution in [1.29, 1.82) is 0 Å². The summed E-state index contributed by atoms with van der Waals surface area (Å²) in [5.41, 5.74) is 1.87. The maximum atomic E-state index is 12.3. The number of halogens is 1. The minimum atomic E-state index is -1.24. The highest BCUT2D eigenvalue weighted by Gasteiger charge is 2.15. The minimum absolute atomic E-state index is 0.0121.